The third-order valence-corrected chi connectivity index (χ3v) is 3.28. The molecule has 0 fully saturated rings. The van der Waals surface area contributed by atoms with Crippen LogP contribution < -0.4 is 5.32 Å². The van der Waals surface area contributed by atoms with Crippen molar-refractivity contribution < 1.29 is 4.79 Å². The Kier molecular flexibility index (Phi) is 4.13. The van der Waals surface area contributed by atoms with E-state index in [2.05, 4.69) is 37.2 Å². The zero-order valence-corrected chi connectivity index (χ0v) is 11.1. The lowest BCUT2D eigenvalue weighted by Gasteiger charge is -2.09. The van der Waals surface area contributed by atoms with E-state index in [-0.39, 0.29) is 10.7 Å². The number of carbonyl (C=O) groups excluding carboxylic acids is 1. The second-order valence-electron chi connectivity index (χ2n) is 3.04. The number of hydrogen-bond donors (Lipinski definition) is 1. The van der Waals surface area contributed by atoms with Crippen molar-refractivity contribution in [2.24, 2.45) is 0 Å². The summed E-state index contributed by atoms with van der Waals surface area (Å²) in [4.78, 5) is 11.2. The zero-order valence-electron chi connectivity index (χ0n) is 7.97. The van der Waals surface area contributed by atoms with Gasteiger partial charge in [-0.3, -0.25) is 4.79 Å². The van der Waals surface area contributed by atoms with Gasteiger partial charge in [0.2, 0.25) is 5.91 Å². The van der Waals surface area contributed by atoms with Gasteiger partial charge in [0.25, 0.3) is 0 Å². The Morgan fingerprint density at radius 1 is 1.50 bits per heavy atom. The van der Waals surface area contributed by atoms with Crippen molar-refractivity contribution in [2.45, 2.75) is 18.7 Å². The molecule has 0 aromatic heterocycles. The second kappa shape index (κ2) is 4.94. The first-order valence-corrected chi connectivity index (χ1v) is 5.93. The van der Waals surface area contributed by atoms with Crippen LogP contribution in [0.3, 0.4) is 0 Å². The quantitative estimate of drug-likeness (QED) is 0.830. The van der Waals surface area contributed by atoms with Crippen molar-refractivity contribution in [1.82, 2.24) is 0 Å². The Morgan fingerprint density at radius 2 is 2.14 bits per heavy atom. The van der Waals surface area contributed by atoms with Gasteiger partial charge in [0.05, 0.1) is 10.5 Å². The number of halogens is 2. The lowest BCUT2D eigenvalue weighted by atomic mass is 10.2. The number of hydrogen-bond acceptors (Lipinski definition) is 1. The molecule has 1 unspecified atom stereocenters. The molecule has 0 heterocycles. The van der Waals surface area contributed by atoms with Crippen LogP contribution >= 0.6 is 31.9 Å². The van der Waals surface area contributed by atoms with Crippen LogP contribution in [-0.2, 0) is 4.79 Å². The predicted octanol–water partition coefficient (Wildman–Crippen LogP) is 3.48. The minimum Gasteiger partial charge on any atom is -0.324 e. The summed E-state index contributed by atoms with van der Waals surface area (Å²) < 4.78 is 0.932. The number of carbonyl (C=O) groups is 1. The molecule has 1 aromatic carbocycles. The van der Waals surface area contributed by atoms with E-state index in [1.54, 1.807) is 6.92 Å². The molecule has 1 aromatic rings. The number of aryl methyl sites for hydroxylation is 1. The molecule has 76 valence electrons. The fourth-order valence-corrected chi connectivity index (χ4v) is 1.45. The maximum atomic E-state index is 11.4. The summed E-state index contributed by atoms with van der Waals surface area (Å²) in [6.07, 6.45) is 0. The summed E-state index contributed by atoms with van der Waals surface area (Å²) in [7, 11) is 0. The minimum atomic E-state index is -0.185. The first-order chi connectivity index (χ1) is 6.52. The molecule has 0 aliphatic carbocycles. The third kappa shape index (κ3) is 2.82. The van der Waals surface area contributed by atoms with Crippen LogP contribution in [0.5, 0.6) is 0 Å². The summed E-state index contributed by atoms with van der Waals surface area (Å²) in [5, 5.41) is 2.82. The van der Waals surface area contributed by atoms with Crippen LogP contribution in [0.1, 0.15) is 12.5 Å². The largest absolute Gasteiger partial charge is 0.324 e. The molecule has 1 atom stereocenters. The van der Waals surface area contributed by atoms with E-state index in [1.165, 1.54) is 0 Å². The molecular weight excluding hydrogens is 310 g/mol. The van der Waals surface area contributed by atoms with Gasteiger partial charge in [0.15, 0.2) is 0 Å². The highest BCUT2D eigenvalue weighted by molar-refractivity contribution is 9.10. The van der Waals surface area contributed by atoms with Gasteiger partial charge in [0.1, 0.15) is 0 Å². The molecule has 0 bridgehead atoms. The average molecular weight is 321 g/mol. The Bertz CT molecular complexity index is 350. The van der Waals surface area contributed by atoms with Crippen molar-refractivity contribution in [3.63, 3.8) is 0 Å². The van der Waals surface area contributed by atoms with Crippen LogP contribution in [0.15, 0.2) is 22.7 Å². The second-order valence-corrected chi connectivity index (χ2v) is 5.21. The smallest absolute Gasteiger partial charge is 0.237 e. The first kappa shape index (κ1) is 11.7. The van der Waals surface area contributed by atoms with Gasteiger partial charge in [-0.25, -0.2) is 0 Å². The first-order valence-electron chi connectivity index (χ1n) is 4.22. The van der Waals surface area contributed by atoms with E-state index in [0.717, 1.165) is 15.7 Å². The molecule has 1 rings (SSSR count). The number of anilines is 1. The van der Waals surface area contributed by atoms with Gasteiger partial charge in [-0.1, -0.05) is 28.1 Å². The number of rotatable bonds is 2. The molecule has 4 heteroatoms. The van der Waals surface area contributed by atoms with E-state index < -0.39 is 0 Å². The maximum absolute atomic E-state index is 11.4. The molecule has 0 radical (unpaired) electrons. The van der Waals surface area contributed by atoms with E-state index in [9.17, 15) is 4.79 Å². The molecular formula is C10H11Br2NO. The Balaban J connectivity index is 2.87. The fraction of sp³-hybridized carbons (Fsp3) is 0.300. The predicted molar refractivity (Wildman–Crippen MR) is 65.9 cm³/mol. The summed E-state index contributed by atoms with van der Waals surface area (Å²) in [5.41, 5.74) is 1.91. The van der Waals surface area contributed by atoms with Crippen molar-refractivity contribution in [2.75, 3.05) is 5.32 Å². The van der Waals surface area contributed by atoms with Crippen LogP contribution in [0.4, 0.5) is 5.69 Å². The molecule has 1 N–H and O–H groups in total. The summed E-state index contributed by atoms with van der Waals surface area (Å²) in [6, 6.07) is 5.76. The van der Waals surface area contributed by atoms with Gasteiger partial charge < -0.3 is 5.32 Å². The topological polar surface area (TPSA) is 29.1 Å². The van der Waals surface area contributed by atoms with E-state index in [1.807, 2.05) is 25.1 Å². The van der Waals surface area contributed by atoms with Crippen molar-refractivity contribution >= 4 is 43.5 Å². The number of nitrogens with one attached hydrogen (secondary N) is 1. The number of alkyl halides is 1. The average Bonchev–Trinajstić information content (AvgIpc) is 2.12. The Morgan fingerprint density at radius 3 is 2.71 bits per heavy atom. The van der Waals surface area contributed by atoms with Crippen molar-refractivity contribution in [1.29, 1.82) is 0 Å². The highest BCUT2D eigenvalue weighted by Crippen LogP contribution is 2.25. The van der Waals surface area contributed by atoms with Crippen LogP contribution in [0.2, 0.25) is 0 Å². The van der Waals surface area contributed by atoms with E-state index in [4.69, 9.17) is 0 Å². The normalized spacial score (nSPS) is 12.3. The van der Waals surface area contributed by atoms with Gasteiger partial charge in [0, 0.05) is 4.47 Å². The Labute approximate surface area is 100 Å². The van der Waals surface area contributed by atoms with Gasteiger partial charge in [-0.15, -0.1) is 0 Å². The molecule has 2 nitrogen and oxygen atoms in total. The van der Waals surface area contributed by atoms with Crippen molar-refractivity contribution in [3.8, 4) is 0 Å². The highest BCUT2D eigenvalue weighted by atomic mass is 79.9. The summed E-state index contributed by atoms with van der Waals surface area (Å²) >= 11 is 6.64. The van der Waals surface area contributed by atoms with Gasteiger partial charge in [-0.05, 0) is 41.4 Å². The number of amides is 1. The van der Waals surface area contributed by atoms with Crippen molar-refractivity contribution in [3.05, 3.63) is 28.2 Å². The molecule has 0 saturated heterocycles. The highest BCUT2D eigenvalue weighted by Gasteiger charge is 2.10. The molecule has 0 spiro atoms. The van der Waals surface area contributed by atoms with E-state index in [0.29, 0.717) is 0 Å². The Hall–Kier alpha value is -0.350. The maximum Gasteiger partial charge on any atom is 0.237 e. The van der Waals surface area contributed by atoms with E-state index >= 15 is 0 Å². The van der Waals surface area contributed by atoms with Crippen LogP contribution in [0.25, 0.3) is 0 Å². The zero-order chi connectivity index (χ0) is 10.7. The summed E-state index contributed by atoms with van der Waals surface area (Å²) in [6.45, 7) is 3.77. The molecule has 0 saturated carbocycles. The van der Waals surface area contributed by atoms with Gasteiger partial charge in [-0.2, -0.15) is 0 Å². The lowest BCUT2D eigenvalue weighted by molar-refractivity contribution is -0.115. The van der Waals surface area contributed by atoms with Gasteiger partial charge >= 0.3 is 0 Å². The monoisotopic (exact) mass is 319 g/mol. The summed E-state index contributed by atoms with van der Waals surface area (Å²) in [5.74, 6) is -0.0451. The van der Waals surface area contributed by atoms with Crippen LogP contribution in [0, 0.1) is 6.92 Å². The molecule has 14 heavy (non-hydrogen) atoms. The number of benzene rings is 1. The molecule has 0 aliphatic heterocycles. The molecule has 1 amide bonds. The molecule has 0 aliphatic rings. The SMILES string of the molecule is Cc1cccc(NC(=O)C(C)Br)c1Br. The lowest BCUT2D eigenvalue weighted by Crippen LogP contribution is -2.20. The minimum absolute atomic E-state index is 0.0451. The fourth-order valence-electron chi connectivity index (χ4n) is 0.976. The van der Waals surface area contributed by atoms with Crippen LogP contribution in [-0.4, -0.2) is 10.7 Å². The third-order valence-electron chi connectivity index (χ3n) is 1.81. The standard InChI is InChI=1S/C10H11Br2NO/c1-6-4-3-5-8(9(6)12)13-10(14)7(2)11/h3-5,7H,1-2H3,(H,13,14).